The van der Waals surface area contributed by atoms with E-state index in [1.165, 1.54) is 6.08 Å². The van der Waals surface area contributed by atoms with E-state index in [-0.39, 0.29) is 31.3 Å². The minimum atomic E-state index is -4.34. The summed E-state index contributed by atoms with van der Waals surface area (Å²) >= 11 is 0. The summed E-state index contributed by atoms with van der Waals surface area (Å²) in [6, 6.07) is 5.14. The van der Waals surface area contributed by atoms with E-state index in [2.05, 4.69) is 10.3 Å². The molecule has 8 heteroatoms. The van der Waals surface area contributed by atoms with Gasteiger partial charge in [-0.15, -0.1) is 0 Å². The number of allylic oxidation sites excluding steroid dienone is 3. The number of aliphatic imine (C=N–C) groups is 1. The second kappa shape index (κ2) is 8.28. The van der Waals surface area contributed by atoms with Crippen LogP contribution in [0.3, 0.4) is 0 Å². The average molecular weight is 392 g/mol. The van der Waals surface area contributed by atoms with E-state index in [1.54, 1.807) is 24.4 Å². The molecule has 0 saturated heterocycles. The molecule has 0 spiro atoms. The number of hydrogen-bond donors (Lipinski definition) is 3. The average Bonchev–Trinajstić information content (AvgIpc) is 2.65. The van der Waals surface area contributed by atoms with Crippen molar-refractivity contribution in [2.45, 2.75) is 25.1 Å². The number of carbonyl (C=O) groups excluding carboxylic acids is 1. The Balaban J connectivity index is 1.80. The lowest BCUT2D eigenvalue weighted by atomic mass is 9.86. The highest BCUT2D eigenvalue weighted by atomic mass is 19.4. The number of anilines is 1. The van der Waals surface area contributed by atoms with Crippen molar-refractivity contribution < 1.29 is 18.0 Å². The third-order valence-corrected chi connectivity index (χ3v) is 4.97. The molecule has 3 unspecified atom stereocenters. The molecule has 1 heterocycles. The van der Waals surface area contributed by atoms with Crippen molar-refractivity contribution in [3.63, 3.8) is 0 Å². The molecule has 0 fully saturated rings. The minimum absolute atomic E-state index is 0.117. The number of hydrogen-bond acceptors (Lipinski definition) is 4. The summed E-state index contributed by atoms with van der Waals surface area (Å²) in [6.07, 6.45) is 1.68. The zero-order valence-electron chi connectivity index (χ0n) is 15.2. The fraction of sp³-hybridized carbons (Fsp3) is 0.400. The molecular formula is C20H23F3N4O. The lowest BCUT2D eigenvalue weighted by molar-refractivity contribution is -0.160. The Labute approximate surface area is 161 Å². The van der Waals surface area contributed by atoms with Crippen LogP contribution < -0.4 is 16.8 Å². The normalized spacial score (nSPS) is 22.4. The molecule has 5 N–H and O–H groups in total. The summed E-state index contributed by atoms with van der Waals surface area (Å²) in [4.78, 5) is 17.0. The molecule has 3 atom stereocenters. The van der Waals surface area contributed by atoms with Crippen molar-refractivity contribution in [1.82, 2.24) is 0 Å². The Morgan fingerprint density at radius 2 is 2.14 bits per heavy atom. The smallest absolute Gasteiger partial charge is 0.330 e. The number of rotatable bonds is 5. The number of benzene rings is 1. The topological polar surface area (TPSA) is 93.5 Å². The fourth-order valence-electron chi connectivity index (χ4n) is 3.48. The summed E-state index contributed by atoms with van der Waals surface area (Å²) in [5, 5.41) is 2.79. The highest BCUT2D eigenvalue weighted by molar-refractivity contribution is 5.96. The van der Waals surface area contributed by atoms with Gasteiger partial charge in [0.15, 0.2) is 0 Å². The van der Waals surface area contributed by atoms with Gasteiger partial charge in [0.1, 0.15) is 0 Å². The predicted octanol–water partition coefficient (Wildman–Crippen LogP) is 3.09. The largest absolute Gasteiger partial charge is 0.395 e. The molecule has 1 aliphatic carbocycles. The quantitative estimate of drug-likeness (QED) is 0.719. The van der Waals surface area contributed by atoms with Crippen molar-refractivity contribution in [2.24, 2.45) is 28.3 Å². The number of amides is 1. The highest BCUT2D eigenvalue weighted by Crippen LogP contribution is 2.36. The molecule has 150 valence electrons. The minimum Gasteiger partial charge on any atom is -0.330 e. The summed E-state index contributed by atoms with van der Waals surface area (Å²) < 4.78 is 39.2. The van der Waals surface area contributed by atoms with Crippen LogP contribution in [-0.2, 0) is 4.79 Å². The molecule has 2 aliphatic rings. The van der Waals surface area contributed by atoms with E-state index in [4.69, 9.17) is 11.5 Å². The van der Waals surface area contributed by atoms with Crippen LogP contribution in [0.2, 0.25) is 0 Å². The molecule has 0 radical (unpaired) electrons. The number of fused-ring (bicyclic) bond motifs is 1. The standard InChI is InChI=1S/C20H23F3N4O/c21-20(22,23)14-3-1-2-12(8-14)17(6-7-24)19(28)27-15-4-5-16-13(9-15)10-26-11-18(16)25/h1-2,4-5,8-10,14,17-18H,3,6-7,11,24-25H2,(H,27,28). The first-order valence-electron chi connectivity index (χ1n) is 9.15. The summed E-state index contributed by atoms with van der Waals surface area (Å²) in [5.74, 6) is -2.72. The van der Waals surface area contributed by atoms with Gasteiger partial charge in [0.05, 0.1) is 18.4 Å². The van der Waals surface area contributed by atoms with Crippen LogP contribution in [0.4, 0.5) is 18.9 Å². The summed E-state index contributed by atoms with van der Waals surface area (Å²) in [6.45, 7) is 0.698. The Kier molecular flexibility index (Phi) is 6.00. The van der Waals surface area contributed by atoms with Crippen molar-refractivity contribution in [1.29, 1.82) is 0 Å². The first kappa shape index (κ1) is 20.3. The fourth-order valence-corrected chi connectivity index (χ4v) is 3.48. The van der Waals surface area contributed by atoms with E-state index in [1.807, 2.05) is 6.07 Å². The van der Waals surface area contributed by atoms with Gasteiger partial charge >= 0.3 is 6.18 Å². The molecule has 3 rings (SSSR count). The van der Waals surface area contributed by atoms with Gasteiger partial charge in [-0.3, -0.25) is 9.79 Å². The lowest BCUT2D eigenvalue weighted by Crippen LogP contribution is -2.29. The number of nitrogens with zero attached hydrogens (tertiary/aromatic N) is 1. The predicted molar refractivity (Wildman–Crippen MR) is 103 cm³/mol. The second-order valence-electron chi connectivity index (χ2n) is 7.02. The van der Waals surface area contributed by atoms with Crippen molar-refractivity contribution >= 4 is 17.8 Å². The maximum Gasteiger partial charge on any atom is 0.395 e. The van der Waals surface area contributed by atoms with Crippen molar-refractivity contribution in [3.8, 4) is 0 Å². The number of nitrogens with one attached hydrogen (secondary N) is 1. The Bertz CT molecular complexity index is 829. The van der Waals surface area contributed by atoms with E-state index in [0.717, 1.165) is 17.2 Å². The van der Waals surface area contributed by atoms with Gasteiger partial charge in [0.25, 0.3) is 0 Å². The SMILES string of the molecule is NCCC(C(=O)Nc1ccc2c(c1)C=NCC2N)C1=CC(C(F)(F)F)CC=C1. The van der Waals surface area contributed by atoms with Crippen LogP contribution in [0, 0.1) is 11.8 Å². The maximum atomic E-state index is 13.1. The molecule has 0 bridgehead atoms. The summed E-state index contributed by atoms with van der Waals surface area (Å²) in [5.41, 5.74) is 14.3. The highest BCUT2D eigenvalue weighted by Gasteiger charge is 2.39. The third kappa shape index (κ3) is 4.51. The Morgan fingerprint density at radius 3 is 2.86 bits per heavy atom. The number of alkyl halides is 3. The van der Waals surface area contributed by atoms with Gasteiger partial charge in [-0.05, 0) is 48.2 Å². The first-order chi connectivity index (χ1) is 13.3. The van der Waals surface area contributed by atoms with E-state index < -0.39 is 18.0 Å². The first-order valence-corrected chi connectivity index (χ1v) is 9.15. The van der Waals surface area contributed by atoms with Gasteiger partial charge in [-0.25, -0.2) is 0 Å². The molecule has 28 heavy (non-hydrogen) atoms. The van der Waals surface area contributed by atoms with Gasteiger partial charge in [-0.2, -0.15) is 13.2 Å². The Hall–Kier alpha value is -2.45. The van der Waals surface area contributed by atoms with Crippen LogP contribution in [0.15, 0.2) is 47.0 Å². The van der Waals surface area contributed by atoms with Crippen LogP contribution in [0.25, 0.3) is 0 Å². The molecule has 0 saturated carbocycles. The maximum absolute atomic E-state index is 13.1. The zero-order chi connectivity index (χ0) is 20.3. The van der Waals surface area contributed by atoms with Crippen molar-refractivity contribution in [2.75, 3.05) is 18.4 Å². The summed E-state index contributed by atoms with van der Waals surface area (Å²) in [7, 11) is 0. The number of nitrogens with two attached hydrogens (primary N) is 2. The molecular weight excluding hydrogens is 369 g/mol. The molecule has 0 aromatic heterocycles. The van der Waals surface area contributed by atoms with Crippen LogP contribution in [0.1, 0.15) is 30.0 Å². The molecule has 1 aromatic rings. The third-order valence-electron chi connectivity index (χ3n) is 4.97. The van der Waals surface area contributed by atoms with E-state index >= 15 is 0 Å². The lowest BCUT2D eigenvalue weighted by Gasteiger charge is -2.24. The number of halogens is 3. The van der Waals surface area contributed by atoms with Gasteiger partial charge in [-0.1, -0.05) is 24.3 Å². The van der Waals surface area contributed by atoms with E-state index in [0.29, 0.717) is 17.8 Å². The Morgan fingerprint density at radius 1 is 1.36 bits per heavy atom. The van der Waals surface area contributed by atoms with Gasteiger partial charge < -0.3 is 16.8 Å². The van der Waals surface area contributed by atoms with Gasteiger partial charge in [0, 0.05) is 17.9 Å². The van der Waals surface area contributed by atoms with Crippen molar-refractivity contribution in [3.05, 3.63) is 53.1 Å². The van der Waals surface area contributed by atoms with Crippen LogP contribution in [-0.4, -0.2) is 31.4 Å². The molecule has 1 amide bonds. The van der Waals surface area contributed by atoms with Gasteiger partial charge in [0.2, 0.25) is 5.91 Å². The number of carbonyl (C=O) groups is 1. The second-order valence-corrected chi connectivity index (χ2v) is 7.02. The molecule has 5 nitrogen and oxygen atoms in total. The molecule has 1 aliphatic heterocycles. The zero-order valence-corrected chi connectivity index (χ0v) is 15.2. The van der Waals surface area contributed by atoms with Crippen LogP contribution >= 0.6 is 0 Å². The monoisotopic (exact) mass is 392 g/mol. The van der Waals surface area contributed by atoms with E-state index in [9.17, 15) is 18.0 Å². The molecule has 1 aromatic carbocycles. The van der Waals surface area contributed by atoms with Crippen LogP contribution in [0.5, 0.6) is 0 Å².